The van der Waals surface area contributed by atoms with Crippen LogP contribution in [0.4, 0.5) is 0 Å². The molecule has 0 bridgehead atoms. The topological polar surface area (TPSA) is 20.3 Å². The number of carbonyl (C=O) groups excluding carboxylic acids is 1. The lowest BCUT2D eigenvalue weighted by molar-refractivity contribution is 0.0969. The number of rotatable bonds is 8. The fourth-order valence-corrected chi connectivity index (χ4v) is 2.51. The first-order chi connectivity index (χ1) is 9.08. The predicted octanol–water partition coefficient (Wildman–Crippen LogP) is 4.35. The van der Waals surface area contributed by atoms with Gasteiger partial charge in [0.2, 0.25) is 0 Å². The average Bonchev–Trinajstić information content (AvgIpc) is 2.36. The summed E-state index contributed by atoms with van der Waals surface area (Å²) in [4.78, 5) is 14.2. The van der Waals surface area contributed by atoms with Gasteiger partial charge in [0.1, 0.15) is 0 Å². The third-order valence-corrected chi connectivity index (χ3v) is 3.47. The van der Waals surface area contributed by atoms with Crippen LogP contribution in [0.15, 0.2) is 48.0 Å². The maximum absolute atomic E-state index is 12.1. The molecule has 1 aromatic carbocycles. The van der Waals surface area contributed by atoms with Gasteiger partial charge in [-0.3, -0.25) is 9.69 Å². The van der Waals surface area contributed by atoms with E-state index in [2.05, 4.69) is 34.0 Å². The van der Waals surface area contributed by atoms with E-state index in [1.54, 1.807) is 12.1 Å². The van der Waals surface area contributed by atoms with E-state index in [1.165, 1.54) is 0 Å². The fraction of sp³-hybridized carbons (Fsp3) is 0.267. The van der Waals surface area contributed by atoms with Crippen LogP contribution in [-0.4, -0.2) is 30.3 Å². The van der Waals surface area contributed by atoms with Crippen molar-refractivity contribution in [2.45, 2.75) is 6.42 Å². The number of carbonyl (C=O) groups is 1. The van der Waals surface area contributed by atoms with E-state index in [0.29, 0.717) is 23.6 Å². The first-order valence-electron chi connectivity index (χ1n) is 6.01. The van der Waals surface area contributed by atoms with Crippen molar-refractivity contribution in [1.82, 2.24) is 4.90 Å². The van der Waals surface area contributed by atoms with Gasteiger partial charge in [-0.05, 0) is 18.2 Å². The van der Waals surface area contributed by atoms with E-state index >= 15 is 0 Å². The molecule has 102 valence electrons. The number of hydrogen-bond donors (Lipinski definition) is 0. The van der Waals surface area contributed by atoms with Crippen LogP contribution in [0.3, 0.4) is 0 Å². The van der Waals surface area contributed by atoms with E-state index in [1.807, 2.05) is 18.2 Å². The Morgan fingerprint density at radius 2 is 1.95 bits per heavy atom. The SMILES string of the molecule is C=CCN(CC=C)CCC(=O)c1ccc(Br)cc1Cl. The second kappa shape index (κ2) is 8.31. The summed E-state index contributed by atoms with van der Waals surface area (Å²) in [6.45, 7) is 9.57. The van der Waals surface area contributed by atoms with Crippen molar-refractivity contribution >= 4 is 33.3 Å². The van der Waals surface area contributed by atoms with Crippen molar-refractivity contribution in [1.29, 1.82) is 0 Å². The number of halogens is 2. The summed E-state index contributed by atoms with van der Waals surface area (Å²) in [6.07, 6.45) is 4.07. The summed E-state index contributed by atoms with van der Waals surface area (Å²) in [5.41, 5.74) is 0.571. The largest absolute Gasteiger partial charge is 0.296 e. The van der Waals surface area contributed by atoms with Gasteiger partial charge in [-0.2, -0.15) is 0 Å². The zero-order chi connectivity index (χ0) is 14.3. The molecule has 4 heteroatoms. The van der Waals surface area contributed by atoms with Gasteiger partial charge in [-0.15, -0.1) is 13.2 Å². The Kier molecular flexibility index (Phi) is 7.06. The monoisotopic (exact) mass is 341 g/mol. The van der Waals surface area contributed by atoms with Crippen molar-refractivity contribution in [3.05, 3.63) is 58.6 Å². The molecule has 19 heavy (non-hydrogen) atoms. The van der Waals surface area contributed by atoms with Crippen LogP contribution >= 0.6 is 27.5 Å². The van der Waals surface area contributed by atoms with Gasteiger partial charge >= 0.3 is 0 Å². The highest BCUT2D eigenvalue weighted by atomic mass is 79.9. The molecule has 2 nitrogen and oxygen atoms in total. The number of hydrogen-bond acceptors (Lipinski definition) is 2. The summed E-state index contributed by atoms with van der Waals surface area (Å²) in [5.74, 6) is 0.0515. The number of benzene rings is 1. The average molecular weight is 343 g/mol. The summed E-state index contributed by atoms with van der Waals surface area (Å²) in [7, 11) is 0. The third kappa shape index (κ3) is 5.31. The van der Waals surface area contributed by atoms with Gasteiger partial charge in [0.15, 0.2) is 5.78 Å². The highest BCUT2D eigenvalue weighted by Gasteiger charge is 2.12. The molecule has 0 aliphatic carbocycles. The maximum Gasteiger partial charge on any atom is 0.165 e. The second-order valence-corrected chi connectivity index (χ2v) is 5.46. The van der Waals surface area contributed by atoms with Gasteiger partial charge < -0.3 is 0 Å². The molecule has 1 rings (SSSR count). The van der Waals surface area contributed by atoms with Gasteiger partial charge in [0, 0.05) is 36.1 Å². The Balaban J connectivity index is 2.63. The lowest BCUT2D eigenvalue weighted by atomic mass is 10.1. The van der Waals surface area contributed by atoms with Crippen LogP contribution in [0.1, 0.15) is 16.8 Å². The zero-order valence-corrected chi connectivity index (χ0v) is 13.1. The van der Waals surface area contributed by atoms with Gasteiger partial charge in [0.05, 0.1) is 5.02 Å². The molecule has 1 aromatic rings. The van der Waals surface area contributed by atoms with E-state index in [-0.39, 0.29) is 5.78 Å². The minimum atomic E-state index is 0.0515. The molecule has 0 amide bonds. The quantitative estimate of drug-likeness (QED) is 0.517. The summed E-state index contributed by atoms with van der Waals surface area (Å²) in [5, 5.41) is 0.485. The Labute approximate surface area is 127 Å². The molecule has 0 radical (unpaired) electrons. The molecule has 0 aromatic heterocycles. The van der Waals surface area contributed by atoms with Crippen LogP contribution in [0.5, 0.6) is 0 Å². The zero-order valence-electron chi connectivity index (χ0n) is 10.7. The summed E-state index contributed by atoms with van der Waals surface area (Å²) >= 11 is 9.39. The first-order valence-corrected chi connectivity index (χ1v) is 7.18. The molecule has 0 saturated heterocycles. The van der Waals surface area contributed by atoms with Crippen molar-refractivity contribution in [2.75, 3.05) is 19.6 Å². The molecule has 0 N–H and O–H groups in total. The van der Waals surface area contributed by atoms with E-state index < -0.39 is 0 Å². The predicted molar refractivity (Wildman–Crippen MR) is 84.9 cm³/mol. The molecule has 0 unspecified atom stereocenters. The van der Waals surface area contributed by atoms with Crippen molar-refractivity contribution in [3.8, 4) is 0 Å². The fourth-order valence-electron chi connectivity index (χ4n) is 1.73. The molecule has 0 spiro atoms. The van der Waals surface area contributed by atoms with Crippen LogP contribution in [0, 0.1) is 0 Å². The minimum Gasteiger partial charge on any atom is -0.296 e. The van der Waals surface area contributed by atoms with Crippen LogP contribution in [-0.2, 0) is 0 Å². The Morgan fingerprint density at radius 3 is 2.47 bits per heavy atom. The third-order valence-electron chi connectivity index (χ3n) is 2.66. The van der Waals surface area contributed by atoms with Gasteiger partial charge in [0.25, 0.3) is 0 Å². The number of nitrogens with zero attached hydrogens (tertiary/aromatic N) is 1. The standard InChI is InChI=1S/C15H17BrClNO/c1-3-8-18(9-4-2)10-7-15(19)13-6-5-12(16)11-14(13)17/h3-6,11H,1-2,7-10H2. The molecule has 0 fully saturated rings. The molecular weight excluding hydrogens is 326 g/mol. The first kappa shape index (κ1) is 16.2. The molecular formula is C15H17BrClNO. The van der Waals surface area contributed by atoms with Crippen LogP contribution in [0.2, 0.25) is 5.02 Å². The number of Topliss-reactive ketones (excluding diaryl/α,β-unsaturated/α-hetero) is 1. The molecule has 0 aliphatic rings. The van der Waals surface area contributed by atoms with E-state index in [0.717, 1.165) is 17.6 Å². The second-order valence-electron chi connectivity index (χ2n) is 4.13. The highest BCUT2D eigenvalue weighted by molar-refractivity contribution is 9.10. The van der Waals surface area contributed by atoms with Crippen LogP contribution < -0.4 is 0 Å². The molecule has 0 heterocycles. The Hall–Kier alpha value is -0.900. The number of ketones is 1. The van der Waals surface area contributed by atoms with Gasteiger partial charge in [-0.25, -0.2) is 0 Å². The van der Waals surface area contributed by atoms with Gasteiger partial charge in [-0.1, -0.05) is 39.7 Å². The van der Waals surface area contributed by atoms with E-state index in [4.69, 9.17) is 11.6 Å². The Bertz CT molecular complexity index is 463. The van der Waals surface area contributed by atoms with E-state index in [9.17, 15) is 4.79 Å². The van der Waals surface area contributed by atoms with Crippen LogP contribution in [0.25, 0.3) is 0 Å². The Morgan fingerprint density at radius 1 is 1.32 bits per heavy atom. The molecule has 0 saturated carbocycles. The lowest BCUT2D eigenvalue weighted by Crippen LogP contribution is -2.26. The smallest absolute Gasteiger partial charge is 0.165 e. The summed E-state index contributed by atoms with van der Waals surface area (Å²) < 4.78 is 0.869. The van der Waals surface area contributed by atoms with Crippen molar-refractivity contribution in [2.24, 2.45) is 0 Å². The molecule has 0 aliphatic heterocycles. The highest BCUT2D eigenvalue weighted by Crippen LogP contribution is 2.22. The molecule has 0 atom stereocenters. The maximum atomic E-state index is 12.1. The lowest BCUT2D eigenvalue weighted by Gasteiger charge is -2.18. The van der Waals surface area contributed by atoms with Crippen molar-refractivity contribution in [3.63, 3.8) is 0 Å². The minimum absolute atomic E-state index is 0.0515. The van der Waals surface area contributed by atoms with Crippen molar-refractivity contribution < 1.29 is 4.79 Å². The summed E-state index contributed by atoms with van der Waals surface area (Å²) in [6, 6.07) is 5.31. The normalized spacial score (nSPS) is 10.5.